The summed E-state index contributed by atoms with van der Waals surface area (Å²) in [4.78, 5) is 29.9. The number of hydrogen-bond donors (Lipinski definition) is 1. The van der Waals surface area contributed by atoms with Crippen LogP contribution in [0.3, 0.4) is 0 Å². The van der Waals surface area contributed by atoms with Crippen LogP contribution in [0, 0.1) is 19.8 Å². The molecule has 46 heavy (non-hydrogen) atoms. The molecule has 7 nitrogen and oxygen atoms in total. The van der Waals surface area contributed by atoms with Crippen molar-refractivity contribution in [1.29, 1.82) is 0 Å². The number of sulfonamides is 1. The van der Waals surface area contributed by atoms with Crippen molar-refractivity contribution >= 4 is 50.7 Å². The third-order valence-corrected chi connectivity index (χ3v) is 10.1. The molecular weight excluding hydrogens is 641 g/mol. The highest BCUT2D eigenvalue weighted by atomic mass is 35.5. The predicted octanol–water partition coefficient (Wildman–Crippen LogP) is 7.22. The van der Waals surface area contributed by atoms with Gasteiger partial charge >= 0.3 is 0 Å². The third kappa shape index (κ3) is 8.90. The molecule has 4 aromatic carbocycles. The van der Waals surface area contributed by atoms with E-state index in [1.54, 1.807) is 24.3 Å². The summed E-state index contributed by atoms with van der Waals surface area (Å²) in [5.74, 6) is -0.719. The van der Waals surface area contributed by atoms with E-state index in [-0.39, 0.29) is 45.4 Å². The highest BCUT2D eigenvalue weighted by Crippen LogP contribution is 2.35. The van der Waals surface area contributed by atoms with E-state index in [4.69, 9.17) is 23.2 Å². The molecule has 0 spiro atoms. The Labute approximate surface area is 282 Å². The van der Waals surface area contributed by atoms with Crippen molar-refractivity contribution in [2.24, 2.45) is 5.92 Å². The van der Waals surface area contributed by atoms with E-state index in [2.05, 4.69) is 5.32 Å². The maximum atomic E-state index is 14.6. The van der Waals surface area contributed by atoms with Crippen LogP contribution < -0.4 is 9.62 Å². The normalized spacial score (nSPS) is 12.1. The van der Waals surface area contributed by atoms with Crippen molar-refractivity contribution in [3.8, 4) is 0 Å². The number of amides is 2. The highest BCUT2D eigenvalue weighted by Gasteiger charge is 2.35. The summed E-state index contributed by atoms with van der Waals surface area (Å²) in [6.07, 6.45) is 0.227. The Bertz CT molecular complexity index is 1760. The molecule has 4 rings (SSSR count). The Morgan fingerprint density at radius 3 is 2.11 bits per heavy atom. The molecule has 1 N–H and O–H groups in total. The van der Waals surface area contributed by atoms with Gasteiger partial charge in [0.05, 0.1) is 20.6 Å². The molecule has 242 valence electrons. The highest BCUT2D eigenvalue weighted by molar-refractivity contribution is 7.92. The minimum atomic E-state index is -4.30. The van der Waals surface area contributed by atoms with Crippen LogP contribution in [0.2, 0.25) is 10.0 Å². The third-order valence-electron chi connectivity index (χ3n) is 7.48. The lowest BCUT2D eigenvalue weighted by Crippen LogP contribution is -2.53. The minimum absolute atomic E-state index is 0.00611. The van der Waals surface area contributed by atoms with Gasteiger partial charge in [0.15, 0.2) is 0 Å². The first-order valence-corrected chi connectivity index (χ1v) is 17.3. The van der Waals surface area contributed by atoms with Crippen molar-refractivity contribution in [3.63, 3.8) is 0 Å². The fourth-order valence-corrected chi connectivity index (χ4v) is 6.89. The number of aryl methyl sites for hydroxylation is 2. The average Bonchev–Trinajstić information content (AvgIpc) is 3.02. The second-order valence-corrected chi connectivity index (χ2v) is 14.4. The molecule has 0 saturated carbocycles. The Morgan fingerprint density at radius 2 is 1.46 bits per heavy atom. The zero-order chi connectivity index (χ0) is 33.4. The molecule has 0 aliphatic heterocycles. The number of nitrogens with zero attached hydrogens (tertiary/aromatic N) is 2. The number of nitrogens with one attached hydrogen (secondary N) is 1. The number of anilines is 1. The van der Waals surface area contributed by atoms with Crippen molar-refractivity contribution in [2.45, 2.75) is 51.6 Å². The number of hydrogen-bond acceptors (Lipinski definition) is 4. The predicted molar refractivity (Wildman–Crippen MR) is 186 cm³/mol. The molecule has 0 aliphatic rings. The van der Waals surface area contributed by atoms with E-state index in [9.17, 15) is 18.0 Å². The Morgan fingerprint density at radius 1 is 0.804 bits per heavy atom. The Hall–Kier alpha value is -3.85. The fourth-order valence-electron chi connectivity index (χ4n) is 5.02. The molecule has 4 aromatic rings. The summed E-state index contributed by atoms with van der Waals surface area (Å²) in [6, 6.07) is 27.1. The maximum Gasteiger partial charge on any atom is 0.264 e. The minimum Gasteiger partial charge on any atom is -0.354 e. The monoisotopic (exact) mass is 679 g/mol. The molecule has 10 heteroatoms. The molecular formula is C36H39Cl2N3O4S. The van der Waals surface area contributed by atoms with Crippen molar-refractivity contribution in [3.05, 3.63) is 129 Å². The summed E-state index contributed by atoms with van der Waals surface area (Å²) in [7, 11) is -4.30. The van der Waals surface area contributed by atoms with Crippen LogP contribution in [0.4, 0.5) is 5.69 Å². The van der Waals surface area contributed by atoms with Crippen LogP contribution in [0.25, 0.3) is 0 Å². The van der Waals surface area contributed by atoms with Crippen LogP contribution >= 0.6 is 23.2 Å². The Kier molecular flexibility index (Phi) is 11.9. The van der Waals surface area contributed by atoms with E-state index in [0.29, 0.717) is 6.54 Å². The van der Waals surface area contributed by atoms with Gasteiger partial charge in [-0.05, 0) is 55.2 Å². The first kappa shape index (κ1) is 35.0. The summed E-state index contributed by atoms with van der Waals surface area (Å²) < 4.78 is 29.4. The van der Waals surface area contributed by atoms with Crippen molar-refractivity contribution in [2.75, 3.05) is 17.4 Å². The molecule has 0 unspecified atom stereocenters. The van der Waals surface area contributed by atoms with Gasteiger partial charge in [-0.15, -0.1) is 0 Å². The van der Waals surface area contributed by atoms with Crippen LogP contribution in [0.15, 0.2) is 102 Å². The van der Waals surface area contributed by atoms with Gasteiger partial charge < -0.3 is 10.2 Å². The van der Waals surface area contributed by atoms with Gasteiger partial charge in [-0.2, -0.15) is 0 Å². The van der Waals surface area contributed by atoms with Crippen molar-refractivity contribution in [1.82, 2.24) is 10.2 Å². The second kappa shape index (κ2) is 15.6. The summed E-state index contributed by atoms with van der Waals surface area (Å²) in [6.45, 7) is 7.66. The van der Waals surface area contributed by atoms with Crippen LogP contribution in [-0.4, -0.2) is 44.3 Å². The van der Waals surface area contributed by atoms with Gasteiger partial charge in [0, 0.05) is 19.5 Å². The number of carbonyl (C=O) groups is 2. The standard InChI is InChI=1S/C36H39Cl2N3O4S/c1-25(2)22-39-36(43)33(21-28-11-6-5-7-12-28)40(23-29-13-8-10-27(4)20-29)34(42)24-41(32-15-9-14-31(37)35(32)38)46(44,45)30-18-16-26(3)17-19-30/h5-20,25,33H,21-24H2,1-4H3,(H,39,43)/t33-/m0/s1. The van der Waals surface area contributed by atoms with Gasteiger partial charge in [0.2, 0.25) is 11.8 Å². The largest absolute Gasteiger partial charge is 0.354 e. The van der Waals surface area contributed by atoms with E-state index < -0.39 is 28.5 Å². The smallest absolute Gasteiger partial charge is 0.264 e. The van der Waals surface area contributed by atoms with Gasteiger partial charge in [0.1, 0.15) is 12.6 Å². The SMILES string of the molecule is Cc1ccc(S(=O)(=O)N(CC(=O)N(Cc2cccc(C)c2)[C@@H](Cc2ccccc2)C(=O)NCC(C)C)c2cccc(Cl)c2Cl)cc1. The first-order valence-electron chi connectivity index (χ1n) is 15.1. The van der Waals surface area contributed by atoms with Crippen LogP contribution in [0.1, 0.15) is 36.1 Å². The second-order valence-electron chi connectivity index (χ2n) is 11.8. The van der Waals surface area contributed by atoms with E-state index >= 15 is 0 Å². The van der Waals surface area contributed by atoms with E-state index in [0.717, 1.165) is 26.6 Å². The zero-order valence-corrected chi connectivity index (χ0v) is 28.7. The fraction of sp³-hybridized carbons (Fsp3) is 0.278. The summed E-state index contributed by atoms with van der Waals surface area (Å²) >= 11 is 12.9. The molecule has 0 aromatic heterocycles. The zero-order valence-electron chi connectivity index (χ0n) is 26.4. The van der Waals surface area contributed by atoms with Gasteiger partial charge in [-0.25, -0.2) is 8.42 Å². The number of carbonyl (C=O) groups excluding carboxylic acids is 2. The number of halogens is 2. The lowest BCUT2D eigenvalue weighted by Gasteiger charge is -2.34. The molecule has 1 atom stereocenters. The van der Waals surface area contributed by atoms with Crippen LogP contribution in [-0.2, 0) is 32.6 Å². The topological polar surface area (TPSA) is 86.8 Å². The lowest BCUT2D eigenvalue weighted by molar-refractivity contribution is -0.140. The average molecular weight is 681 g/mol. The molecule has 0 fully saturated rings. The lowest BCUT2D eigenvalue weighted by atomic mass is 10.0. The molecule has 0 aliphatic carbocycles. The summed E-state index contributed by atoms with van der Waals surface area (Å²) in [5, 5.41) is 3.13. The molecule has 0 saturated heterocycles. The first-order chi connectivity index (χ1) is 21.9. The quantitative estimate of drug-likeness (QED) is 0.162. The molecule has 0 bridgehead atoms. The molecule has 0 heterocycles. The number of benzene rings is 4. The van der Waals surface area contributed by atoms with Gasteiger partial charge in [-0.1, -0.05) is 121 Å². The maximum absolute atomic E-state index is 14.6. The molecule has 0 radical (unpaired) electrons. The summed E-state index contributed by atoms with van der Waals surface area (Å²) in [5.41, 5.74) is 3.58. The molecule has 2 amide bonds. The van der Waals surface area contributed by atoms with E-state index in [1.807, 2.05) is 82.3 Å². The van der Waals surface area contributed by atoms with Gasteiger partial charge in [-0.3, -0.25) is 13.9 Å². The van der Waals surface area contributed by atoms with E-state index in [1.165, 1.54) is 23.1 Å². The van der Waals surface area contributed by atoms with Crippen molar-refractivity contribution < 1.29 is 18.0 Å². The Balaban J connectivity index is 1.83. The van der Waals surface area contributed by atoms with Gasteiger partial charge in [0.25, 0.3) is 10.0 Å². The number of rotatable bonds is 13. The van der Waals surface area contributed by atoms with Crippen LogP contribution in [0.5, 0.6) is 0 Å².